The van der Waals surface area contributed by atoms with Crippen molar-refractivity contribution >= 4 is 26.9 Å². The molecule has 0 aliphatic heterocycles. The average Bonchev–Trinajstić information content (AvgIpc) is 2.89. The van der Waals surface area contributed by atoms with Gasteiger partial charge in [-0.1, -0.05) is 94.8 Å². The van der Waals surface area contributed by atoms with E-state index < -0.39 is 11.2 Å². The second-order valence-corrected chi connectivity index (χ2v) is 9.44. The average molecular weight is 527 g/mol. The van der Waals surface area contributed by atoms with Gasteiger partial charge in [0.05, 0.1) is 10.9 Å². The molecule has 0 fully saturated rings. The number of benzene rings is 4. The van der Waals surface area contributed by atoms with Gasteiger partial charge in [0, 0.05) is 4.47 Å². The summed E-state index contributed by atoms with van der Waals surface area (Å²) >= 11 is 3.46. The lowest BCUT2D eigenvalue weighted by Gasteiger charge is -2.30. The molecular formula is C30H23BrO4. The maximum absolute atomic E-state index is 12.7. The summed E-state index contributed by atoms with van der Waals surface area (Å²) in [6, 6.07) is 32.1. The number of halogens is 1. The zero-order chi connectivity index (χ0) is 24.4. The fourth-order valence-corrected chi connectivity index (χ4v) is 4.71. The van der Waals surface area contributed by atoms with Crippen molar-refractivity contribution in [3.8, 4) is 16.9 Å². The van der Waals surface area contributed by atoms with E-state index in [9.17, 15) is 15.0 Å². The summed E-state index contributed by atoms with van der Waals surface area (Å²) < 4.78 is 6.43. The van der Waals surface area contributed by atoms with Gasteiger partial charge in [0.2, 0.25) is 0 Å². The van der Waals surface area contributed by atoms with Crippen molar-refractivity contribution in [2.45, 2.75) is 18.4 Å². The first-order chi connectivity index (χ1) is 17.0. The predicted molar refractivity (Wildman–Crippen MR) is 141 cm³/mol. The summed E-state index contributed by atoms with van der Waals surface area (Å²) in [4.78, 5) is 12.7. The summed E-state index contributed by atoms with van der Waals surface area (Å²) in [7, 11) is 0. The van der Waals surface area contributed by atoms with Crippen molar-refractivity contribution in [2.24, 2.45) is 0 Å². The van der Waals surface area contributed by atoms with Crippen LogP contribution in [0.4, 0.5) is 0 Å². The molecule has 0 amide bonds. The lowest BCUT2D eigenvalue weighted by molar-refractivity contribution is 0.0710. The molecular weight excluding hydrogens is 504 g/mol. The molecule has 5 aromatic rings. The molecule has 1 atom stereocenters. The molecule has 1 heterocycles. The Labute approximate surface area is 211 Å². The molecule has 4 nitrogen and oxygen atoms in total. The highest BCUT2D eigenvalue weighted by atomic mass is 79.9. The predicted octanol–water partition coefficient (Wildman–Crippen LogP) is 6.80. The minimum atomic E-state index is -1.37. The smallest absolute Gasteiger partial charge is 0.343 e. The molecule has 0 bridgehead atoms. The van der Waals surface area contributed by atoms with Crippen molar-refractivity contribution < 1.29 is 14.6 Å². The van der Waals surface area contributed by atoms with E-state index in [-0.39, 0.29) is 24.2 Å². The number of hydrogen-bond donors (Lipinski definition) is 2. The van der Waals surface area contributed by atoms with Gasteiger partial charge >= 0.3 is 5.63 Å². The van der Waals surface area contributed by atoms with Crippen LogP contribution in [0.2, 0.25) is 0 Å². The number of para-hydroxylation sites is 1. The van der Waals surface area contributed by atoms with Gasteiger partial charge in [-0.3, -0.25) is 0 Å². The second kappa shape index (κ2) is 9.53. The van der Waals surface area contributed by atoms with Gasteiger partial charge in [-0.15, -0.1) is 0 Å². The molecule has 1 aromatic heterocycles. The molecule has 0 saturated carbocycles. The van der Waals surface area contributed by atoms with Gasteiger partial charge in [0.25, 0.3) is 0 Å². The van der Waals surface area contributed by atoms with Gasteiger partial charge in [-0.25, -0.2) is 4.79 Å². The van der Waals surface area contributed by atoms with Crippen molar-refractivity contribution in [1.29, 1.82) is 0 Å². The van der Waals surface area contributed by atoms with Crippen molar-refractivity contribution in [2.75, 3.05) is 0 Å². The molecule has 0 radical (unpaired) electrons. The highest BCUT2D eigenvalue weighted by Crippen LogP contribution is 2.37. The molecule has 0 spiro atoms. The standard InChI is InChI=1S/C30H23BrO4/c31-24-16-12-21(13-17-24)20-10-14-23(15-11-20)30(34,22-6-2-1-3-7-22)19-18-26-28(32)25-8-4-5-9-27(25)35-29(26)33/h1-17,32,34H,18-19H2/t30-/m0/s1. The fourth-order valence-electron chi connectivity index (χ4n) is 4.45. The Balaban J connectivity index is 1.52. The zero-order valence-corrected chi connectivity index (χ0v) is 20.4. The number of hydrogen-bond acceptors (Lipinski definition) is 4. The molecule has 0 unspecified atom stereocenters. The van der Waals surface area contributed by atoms with E-state index in [0.717, 1.165) is 15.6 Å². The third kappa shape index (κ3) is 4.53. The van der Waals surface area contributed by atoms with Crippen molar-refractivity contribution in [3.63, 3.8) is 0 Å². The van der Waals surface area contributed by atoms with E-state index in [1.807, 2.05) is 78.9 Å². The third-order valence-electron chi connectivity index (χ3n) is 6.41. The Morgan fingerprint density at radius 2 is 1.31 bits per heavy atom. The highest BCUT2D eigenvalue weighted by molar-refractivity contribution is 9.10. The molecule has 4 aromatic carbocycles. The van der Waals surface area contributed by atoms with Crippen molar-refractivity contribution in [1.82, 2.24) is 0 Å². The first-order valence-corrected chi connectivity index (χ1v) is 12.1. The van der Waals surface area contributed by atoms with Crippen LogP contribution in [0.3, 0.4) is 0 Å². The number of aliphatic hydroxyl groups is 1. The summed E-state index contributed by atoms with van der Waals surface area (Å²) in [5.74, 6) is -0.0992. The Morgan fingerprint density at radius 3 is 2.00 bits per heavy atom. The van der Waals surface area contributed by atoms with Crippen molar-refractivity contribution in [3.05, 3.63) is 135 Å². The maximum atomic E-state index is 12.7. The molecule has 0 saturated heterocycles. The minimum absolute atomic E-state index is 0.0992. The number of fused-ring (bicyclic) bond motifs is 1. The second-order valence-electron chi connectivity index (χ2n) is 8.52. The minimum Gasteiger partial charge on any atom is -0.507 e. The topological polar surface area (TPSA) is 70.7 Å². The molecule has 0 aliphatic carbocycles. The van der Waals surface area contributed by atoms with E-state index in [2.05, 4.69) is 15.9 Å². The van der Waals surface area contributed by atoms with Gasteiger partial charge in [-0.2, -0.15) is 0 Å². The number of rotatable bonds is 6. The van der Waals surface area contributed by atoms with E-state index in [0.29, 0.717) is 22.1 Å². The van der Waals surface area contributed by atoms with Gasteiger partial charge in [-0.05, 0) is 59.4 Å². The van der Waals surface area contributed by atoms with Gasteiger partial charge in [0.1, 0.15) is 16.9 Å². The monoisotopic (exact) mass is 526 g/mol. The zero-order valence-electron chi connectivity index (χ0n) is 18.8. The largest absolute Gasteiger partial charge is 0.507 e. The Hall–Kier alpha value is -3.67. The van der Waals surface area contributed by atoms with E-state index in [1.54, 1.807) is 24.3 Å². The van der Waals surface area contributed by atoms with E-state index in [1.165, 1.54) is 0 Å². The molecule has 0 aliphatic rings. The van der Waals surface area contributed by atoms with Crippen LogP contribution in [-0.4, -0.2) is 10.2 Å². The normalized spacial score (nSPS) is 13.0. The van der Waals surface area contributed by atoms with Crippen LogP contribution < -0.4 is 5.63 Å². The van der Waals surface area contributed by atoms with Crippen LogP contribution in [0.15, 0.2) is 117 Å². The SMILES string of the molecule is O=c1oc2ccccc2c(O)c1CC[C@](O)(c1ccccc1)c1ccc(-c2ccc(Br)cc2)cc1. The highest BCUT2D eigenvalue weighted by Gasteiger charge is 2.32. The molecule has 35 heavy (non-hydrogen) atoms. The Morgan fingerprint density at radius 1 is 0.743 bits per heavy atom. The van der Waals surface area contributed by atoms with Crippen LogP contribution in [0.5, 0.6) is 5.75 Å². The van der Waals surface area contributed by atoms with Crippen LogP contribution in [0.1, 0.15) is 23.1 Å². The summed E-state index contributed by atoms with van der Waals surface area (Å²) in [6.07, 6.45) is 0.324. The fraction of sp³-hybridized carbons (Fsp3) is 0.100. The lowest BCUT2D eigenvalue weighted by atomic mass is 9.81. The molecule has 174 valence electrons. The van der Waals surface area contributed by atoms with Gasteiger partial charge in [0.15, 0.2) is 0 Å². The van der Waals surface area contributed by atoms with Gasteiger partial charge < -0.3 is 14.6 Å². The molecule has 5 heteroatoms. The summed E-state index contributed by atoms with van der Waals surface area (Å²) in [5, 5.41) is 23.3. The third-order valence-corrected chi connectivity index (χ3v) is 6.93. The first-order valence-electron chi connectivity index (χ1n) is 11.3. The van der Waals surface area contributed by atoms with Crippen LogP contribution in [-0.2, 0) is 12.0 Å². The van der Waals surface area contributed by atoms with Crippen LogP contribution in [0, 0.1) is 0 Å². The summed E-state index contributed by atoms with van der Waals surface area (Å²) in [5.41, 5.74) is 2.04. The Kier molecular flexibility index (Phi) is 6.29. The molecule has 5 rings (SSSR count). The molecule has 2 N–H and O–H groups in total. The maximum Gasteiger partial charge on any atom is 0.343 e. The first kappa shape index (κ1) is 23.1. The number of aromatic hydroxyl groups is 1. The summed E-state index contributed by atoms with van der Waals surface area (Å²) in [6.45, 7) is 0. The lowest BCUT2D eigenvalue weighted by Crippen LogP contribution is -2.29. The quantitative estimate of drug-likeness (QED) is 0.239. The van der Waals surface area contributed by atoms with E-state index >= 15 is 0 Å². The van der Waals surface area contributed by atoms with E-state index in [4.69, 9.17) is 4.42 Å². The van der Waals surface area contributed by atoms with Crippen LogP contribution >= 0.6 is 15.9 Å². The van der Waals surface area contributed by atoms with Crippen LogP contribution in [0.25, 0.3) is 22.1 Å². The Bertz CT molecular complexity index is 1520.